The number of amides is 2. The molecule has 8 aliphatic rings. The molecule has 66 heavy (non-hydrogen) atoms. The number of aliphatic hydroxyl groups excluding tert-OH is 6. The molecule has 0 bridgehead atoms. The van der Waals surface area contributed by atoms with E-state index in [1.807, 2.05) is 0 Å². The second-order valence-electron chi connectivity index (χ2n) is 25.4. The number of nitrogens with one attached hydrogen (secondary N) is 2. The van der Waals surface area contributed by atoms with Crippen molar-refractivity contribution >= 4 is 17.8 Å². The van der Waals surface area contributed by atoms with Crippen molar-refractivity contribution in [1.82, 2.24) is 10.6 Å². The van der Waals surface area contributed by atoms with Crippen LogP contribution in [0.3, 0.4) is 0 Å². The van der Waals surface area contributed by atoms with Crippen LogP contribution in [0.5, 0.6) is 0 Å². The number of carboxylic acid groups (broad SMARTS) is 1. The molecule has 0 heterocycles. The van der Waals surface area contributed by atoms with Gasteiger partial charge in [-0.15, -0.1) is 0 Å². The summed E-state index contributed by atoms with van der Waals surface area (Å²) in [5, 5.41) is 83.8. The van der Waals surface area contributed by atoms with E-state index in [1.54, 1.807) is 0 Å². The molecule has 376 valence electrons. The van der Waals surface area contributed by atoms with Gasteiger partial charge >= 0.3 is 5.97 Å². The highest BCUT2D eigenvalue weighted by atomic mass is 16.4. The van der Waals surface area contributed by atoms with Crippen molar-refractivity contribution in [1.29, 1.82) is 0 Å². The maximum Gasteiger partial charge on any atom is 0.326 e. The fourth-order valence-electron chi connectivity index (χ4n) is 18.7. The van der Waals surface area contributed by atoms with E-state index < -0.39 is 36.4 Å². The number of hydrogen-bond donors (Lipinski definition) is 9. The van der Waals surface area contributed by atoms with E-state index in [9.17, 15) is 50.1 Å². The van der Waals surface area contributed by atoms with Gasteiger partial charge in [0.1, 0.15) is 6.04 Å². The Morgan fingerprint density at radius 1 is 0.561 bits per heavy atom. The van der Waals surface area contributed by atoms with Crippen LogP contribution in [0.25, 0.3) is 0 Å². The highest BCUT2D eigenvalue weighted by Crippen LogP contribution is 2.70. The van der Waals surface area contributed by atoms with Gasteiger partial charge in [0.05, 0.1) is 36.6 Å². The van der Waals surface area contributed by atoms with Crippen LogP contribution in [-0.4, -0.2) is 103 Å². The molecule has 8 rings (SSSR count). The lowest BCUT2D eigenvalue weighted by molar-refractivity contribution is -0.207. The normalized spacial score (nSPS) is 48.5. The molecule has 0 aliphatic heterocycles. The first-order valence-corrected chi connectivity index (χ1v) is 27.0. The van der Waals surface area contributed by atoms with Crippen molar-refractivity contribution in [3.63, 3.8) is 0 Å². The second kappa shape index (κ2) is 19.4. The van der Waals surface area contributed by atoms with Crippen LogP contribution in [0.15, 0.2) is 0 Å². The topological polar surface area (TPSA) is 217 Å². The zero-order valence-electron chi connectivity index (χ0n) is 41.4. The first kappa shape index (κ1) is 50.6. The van der Waals surface area contributed by atoms with Gasteiger partial charge in [-0.05, 0) is 215 Å². The monoisotopic (exact) mass is 927 g/mol. The van der Waals surface area contributed by atoms with Gasteiger partial charge in [-0.3, -0.25) is 9.59 Å². The molecule has 17 unspecified atom stereocenters. The Morgan fingerprint density at radius 2 is 1.02 bits per heavy atom. The van der Waals surface area contributed by atoms with Gasteiger partial charge in [-0.25, -0.2) is 4.79 Å². The maximum absolute atomic E-state index is 13.2. The van der Waals surface area contributed by atoms with Crippen LogP contribution in [-0.2, 0) is 14.4 Å². The molecule has 8 saturated carbocycles. The van der Waals surface area contributed by atoms with E-state index in [-0.39, 0.29) is 130 Å². The van der Waals surface area contributed by atoms with Crippen LogP contribution < -0.4 is 10.6 Å². The van der Waals surface area contributed by atoms with E-state index in [4.69, 9.17) is 0 Å². The summed E-state index contributed by atoms with van der Waals surface area (Å²) >= 11 is 0. The average molecular weight is 927 g/mol. The van der Waals surface area contributed by atoms with Crippen molar-refractivity contribution in [2.45, 2.75) is 219 Å². The number of rotatable bonds is 15. The van der Waals surface area contributed by atoms with Gasteiger partial charge in [0.2, 0.25) is 11.8 Å². The van der Waals surface area contributed by atoms with Gasteiger partial charge in [-0.1, -0.05) is 41.5 Å². The zero-order valence-corrected chi connectivity index (χ0v) is 41.4. The molecule has 23 atom stereocenters. The van der Waals surface area contributed by atoms with Gasteiger partial charge in [0.15, 0.2) is 0 Å². The molecule has 0 aromatic rings. The lowest BCUT2D eigenvalue weighted by Crippen LogP contribution is -2.62. The molecule has 0 radical (unpaired) electrons. The van der Waals surface area contributed by atoms with Crippen LogP contribution >= 0.6 is 0 Å². The number of unbranched alkanes of at least 4 members (excludes halogenated alkanes) is 1. The summed E-state index contributed by atoms with van der Waals surface area (Å²) in [6, 6.07) is -1.01. The Labute approximate surface area is 395 Å². The van der Waals surface area contributed by atoms with E-state index in [0.29, 0.717) is 57.9 Å². The van der Waals surface area contributed by atoms with E-state index in [2.05, 4.69) is 52.2 Å². The lowest BCUT2D eigenvalue weighted by atomic mass is 9.43. The van der Waals surface area contributed by atoms with Crippen LogP contribution in [0.1, 0.15) is 176 Å². The second-order valence-corrected chi connectivity index (χ2v) is 25.4. The first-order chi connectivity index (χ1) is 31.1. The smallest absolute Gasteiger partial charge is 0.326 e. The standard InChI is InChI=1S/C54H90N2O10/c1-29(35-12-14-37-48-39(27-44(61)53(35,37)5)51(3)20-18-33(57)23-31(51)25-42(48)59)10-16-46(63)55-22-8-7-9-41(50(65)66)56-47(64)17-11-30(2)36-13-15-38-49-40(28-45(62)54(36,38)6)52(4)21-19-34(58)24-32(52)26-43(49)60/h29-45,48-49,57-62H,7-28H2,1-6H3,(H,55,63)(H,56,64)(H,65,66)/t29?,30?,31-,32-,33+,34+,35?,36?,37+,38+,39?,40?,41?,42?,43?,44?,45?,48?,49?,51?,52?,53?,54?/m1/s1. The Bertz CT molecular complexity index is 1750. The first-order valence-electron chi connectivity index (χ1n) is 27.0. The zero-order chi connectivity index (χ0) is 47.7. The van der Waals surface area contributed by atoms with E-state index in [1.165, 1.54) is 0 Å². The number of aliphatic carboxylic acids is 1. The summed E-state index contributed by atoms with van der Waals surface area (Å²) < 4.78 is 0. The molecule has 0 aromatic carbocycles. The minimum Gasteiger partial charge on any atom is -0.480 e. The van der Waals surface area contributed by atoms with Crippen LogP contribution in [0.2, 0.25) is 0 Å². The van der Waals surface area contributed by atoms with Gasteiger partial charge < -0.3 is 46.4 Å². The number of carbonyl (C=O) groups excluding carboxylic acids is 2. The lowest BCUT2D eigenvalue weighted by Gasteiger charge is -2.63. The van der Waals surface area contributed by atoms with Crippen LogP contribution in [0.4, 0.5) is 0 Å². The molecule has 8 aliphatic carbocycles. The maximum atomic E-state index is 13.2. The fraction of sp³-hybridized carbons (Fsp3) is 0.944. The third kappa shape index (κ3) is 8.85. The summed E-state index contributed by atoms with van der Waals surface area (Å²) in [5.74, 6) is 1.21. The summed E-state index contributed by atoms with van der Waals surface area (Å²) in [7, 11) is 0. The highest BCUT2D eigenvalue weighted by Gasteiger charge is 2.67. The number of aliphatic hydroxyl groups is 6. The Morgan fingerprint density at radius 3 is 1.47 bits per heavy atom. The van der Waals surface area contributed by atoms with Crippen molar-refractivity contribution in [3.05, 3.63) is 0 Å². The number of fused-ring (bicyclic) bond motifs is 10. The molecule has 0 aromatic heterocycles. The molecule has 12 nitrogen and oxygen atoms in total. The fourth-order valence-corrected chi connectivity index (χ4v) is 18.7. The van der Waals surface area contributed by atoms with Crippen molar-refractivity contribution in [2.24, 2.45) is 92.7 Å². The summed E-state index contributed by atoms with van der Waals surface area (Å²) in [6.07, 6.45) is 12.5. The third-order valence-electron chi connectivity index (χ3n) is 22.6. The predicted molar refractivity (Wildman–Crippen MR) is 251 cm³/mol. The molecule has 0 spiro atoms. The molecule has 8 fully saturated rings. The SMILES string of the molecule is CC(CCC(=O)NCCCCC(NC(=O)CCC(C)C1CC[C@H]2C3C(O)C[C@H]4C[C@@H](O)CCC4(C)C3CC(O)C12C)C(=O)O)C1CC[C@H]2C3C(O)C[C@H]4C[C@@H](O)CCC4(C)C3CC(O)C12C. The van der Waals surface area contributed by atoms with Gasteiger partial charge in [0.25, 0.3) is 0 Å². The minimum atomic E-state index is -1.07. The Kier molecular flexibility index (Phi) is 14.9. The predicted octanol–water partition coefficient (Wildman–Crippen LogP) is 6.60. The van der Waals surface area contributed by atoms with Crippen molar-refractivity contribution < 1.29 is 50.1 Å². The van der Waals surface area contributed by atoms with Crippen LogP contribution in [0, 0.1) is 92.7 Å². The number of hydrogen-bond acceptors (Lipinski definition) is 9. The van der Waals surface area contributed by atoms with E-state index in [0.717, 1.165) is 70.6 Å². The minimum absolute atomic E-state index is 0.0136. The van der Waals surface area contributed by atoms with Crippen molar-refractivity contribution in [2.75, 3.05) is 6.54 Å². The molecule has 9 N–H and O–H groups in total. The summed E-state index contributed by atoms with van der Waals surface area (Å²) in [6.45, 7) is 14.0. The largest absolute Gasteiger partial charge is 0.480 e. The number of carbonyl (C=O) groups is 3. The summed E-state index contributed by atoms with van der Waals surface area (Å²) in [4.78, 5) is 38.5. The molecule has 0 saturated heterocycles. The molecular formula is C54H90N2O10. The quantitative estimate of drug-likeness (QED) is 0.0803. The Balaban J connectivity index is 0.750. The number of carboxylic acids is 1. The molecule has 2 amide bonds. The average Bonchev–Trinajstić information content (AvgIpc) is 3.81. The Hall–Kier alpha value is -1.83. The molecule has 12 heteroatoms. The summed E-state index contributed by atoms with van der Waals surface area (Å²) in [5.41, 5.74) is -0.623. The third-order valence-corrected chi connectivity index (χ3v) is 22.6. The van der Waals surface area contributed by atoms with Gasteiger partial charge in [0, 0.05) is 19.4 Å². The van der Waals surface area contributed by atoms with E-state index >= 15 is 0 Å². The molecular weight excluding hydrogens is 837 g/mol. The van der Waals surface area contributed by atoms with Crippen molar-refractivity contribution in [3.8, 4) is 0 Å². The van der Waals surface area contributed by atoms with Gasteiger partial charge in [-0.2, -0.15) is 0 Å². The highest BCUT2D eigenvalue weighted by molar-refractivity contribution is 5.83.